The van der Waals surface area contributed by atoms with Crippen LogP contribution >= 0.6 is 11.6 Å². The summed E-state index contributed by atoms with van der Waals surface area (Å²) in [4.78, 5) is 5.98. The lowest BCUT2D eigenvalue weighted by Crippen LogP contribution is -2.50. The Balaban J connectivity index is 1.56. The van der Waals surface area contributed by atoms with Crippen LogP contribution in [0.1, 0.15) is 5.56 Å². The predicted molar refractivity (Wildman–Crippen MR) is 77.5 cm³/mol. The van der Waals surface area contributed by atoms with Crippen molar-refractivity contribution in [2.75, 3.05) is 24.6 Å². The molecule has 1 saturated heterocycles. The average molecular weight is 345 g/mol. The fourth-order valence-corrected chi connectivity index (χ4v) is 2.39. The van der Waals surface area contributed by atoms with Gasteiger partial charge in [-0.25, -0.2) is 4.98 Å². The molecule has 1 aromatic heterocycles. The van der Waals surface area contributed by atoms with Crippen molar-refractivity contribution in [2.45, 2.75) is 6.18 Å². The summed E-state index contributed by atoms with van der Waals surface area (Å²) in [7, 11) is 0. The van der Waals surface area contributed by atoms with Crippen LogP contribution in [0.5, 0.6) is 5.75 Å². The van der Waals surface area contributed by atoms with Crippen LogP contribution < -0.4 is 9.64 Å². The number of halogens is 4. The van der Waals surface area contributed by atoms with Crippen molar-refractivity contribution in [3.8, 4) is 5.75 Å². The zero-order valence-electron chi connectivity index (χ0n) is 11.8. The predicted octanol–water partition coefficient (Wildman–Crippen LogP) is 3.06. The normalized spacial score (nSPS) is 15.4. The first-order valence-corrected chi connectivity index (χ1v) is 7.19. The third kappa shape index (κ3) is 3.64. The number of alkyl halides is 3. The molecule has 0 atom stereocenters. The number of benzene rings is 1. The molecule has 1 aromatic carbocycles. The first-order chi connectivity index (χ1) is 10.9. The minimum atomic E-state index is -4.42. The summed E-state index contributed by atoms with van der Waals surface area (Å²) in [5.74, 6) is 0.739. The van der Waals surface area contributed by atoms with Gasteiger partial charge in [0.2, 0.25) is 5.95 Å². The fraction of sp³-hybridized carbons (Fsp3) is 0.357. The summed E-state index contributed by atoms with van der Waals surface area (Å²) in [6, 6.07) is 3.04. The zero-order valence-corrected chi connectivity index (χ0v) is 12.6. The zero-order chi connectivity index (χ0) is 16.4. The van der Waals surface area contributed by atoms with Crippen molar-refractivity contribution in [2.24, 2.45) is 5.92 Å². The Morgan fingerprint density at radius 1 is 1.26 bits per heavy atom. The van der Waals surface area contributed by atoms with Gasteiger partial charge in [-0.3, -0.25) is 0 Å². The van der Waals surface area contributed by atoms with E-state index in [2.05, 4.69) is 15.2 Å². The number of hydrogen-bond acceptors (Lipinski definition) is 5. The lowest BCUT2D eigenvalue weighted by atomic mass is 10.0. The van der Waals surface area contributed by atoms with E-state index in [0.717, 1.165) is 12.1 Å². The lowest BCUT2D eigenvalue weighted by Gasteiger charge is -2.38. The minimum absolute atomic E-state index is 0.0394. The molecule has 0 radical (unpaired) electrons. The Bertz CT molecular complexity index is 677. The van der Waals surface area contributed by atoms with Crippen LogP contribution in [0.15, 0.2) is 30.6 Å². The first kappa shape index (κ1) is 15.8. The van der Waals surface area contributed by atoms with Crippen molar-refractivity contribution < 1.29 is 17.9 Å². The standard InChI is InChI=1S/C14H12ClF3N4O/c15-11-2-1-10(14(16,17)18)5-12(11)23-8-9-6-22(7-9)13-19-3-4-20-21-13/h1-5,9H,6-8H2. The number of rotatable bonds is 4. The third-order valence-electron chi connectivity index (χ3n) is 3.44. The molecule has 0 amide bonds. The van der Waals surface area contributed by atoms with Crippen molar-refractivity contribution in [3.63, 3.8) is 0 Å². The van der Waals surface area contributed by atoms with Crippen molar-refractivity contribution in [1.82, 2.24) is 15.2 Å². The Hall–Kier alpha value is -2.09. The van der Waals surface area contributed by atoms with Gasteiger partial charge in [-0.15, -0.1) is 5.10 Å². The van der Waals surface area contributed by atoms with E-state index in [1.807, 2.05) is 4.90 Å². The maximum absolute atomic E-state index is 12.7. The van der Waals surface area contributed by atoms with Crippen LogP contribution in [0.3, 0.4) is 0 Å². The van der Waals surface area contributed by atoms with Crippen LogP contribution in [0.25, 0.3) is 0 Å². The molecule has 0 unspecified atom stereocenters. The molecular weight excluding hydrogens is 333 g/mol. The quantitative estimate of drug-likeness (QED) is 0.853. The Morgan fingerprint density at radius 3 is 2.70 bits per heavy atom. The Morgan fingerprint density at radius 2 is 2.04 bits per heavy atom. The maximum atomic E-state index is 12.7. The molecule has 0 spiro atoms. The SMILES string of the molecule is FC(F)(F)c1ccc(Cl)c(OCC2CN(c3nccnn3)C2)c1. The molecule has 1 aliphatic heterocycles. The van der Waals surface area contributed by atoms with Gasteiger partial charge in [0.05, 0.1) is 29.6 Å². The molecule has 3 rings (SSSR count). The van der Waals surface area contributed by atoms with Gasteiger partial charge < -0.3 is 9.64 Å². The second-order valence-electron chi connectivity index (χ2n) is 5.17. The largest absolute Gasteiger partial charge is 0.492 e. The van der Waals surface area contributed by atoms with Gasteiger partial charge >= 0.3 is 6.18 Å². The number of ether oxygens (including phenoxy) is 1. The number of hydrogen-bond donors (Lipinski definition) is 0. The second-order valence-corrected chi connectivity index (χ2v) is 5.57. The number of nitrogens with zero attached hydrogens (tertiary/aromatic N) is 4. The smallest absolute Gasteiger partial charge is 0.416 e. The molecule has 0 N–H and O–H groups in total. The van der Waals surface area contributed by atoms with Crippen molar-refractivity contribution >= 4 is 17.5 Å². The summed E-state index contributed by atoms with van der Waals surface area (Å²) in [6.07, 6.45) is -1.39. The van der Waals surface area contributed by atoms with E-state index in [1.54, 1.807) is 6.20 Å². The molecule has 1 aliphatic rings. The summed E-state index contributed by atoms with van der Waals surface area (Å²) >= 11 is 5.88. The molecule has 5 nitrogen and oxygen atoms in total. The van der Waals surface area contributed by atoms with E-state index in [0.29, 0.717) is 19.0 Å². The number of anilines is 1. The molecule has 2 aromatic rings. The van der Waals surface area contributed by atoms with Crippen LogP contribution in [0.2, 0.25) is 5.02 Å². The van der Waals surface area contributed by atoms with E-state index in [9.17, 15) is 13.2 Å². The third-order valence-corrected chi connectivity index (χ3v) is 3.76. The molecular formula is C14H12ClF3N4O. The highest BCUT2D eigenvalue weighted by Gasteiger charge is 2.32. The van der Waals surface area contributed by atoms with Gasteiger partial charge in [-0.2, -0.15) is 18.3 Å². The Labute approximate surface area is 135 Å². The van der Waals surface area contributed by atoms with Gasteiger partial charge in [-0.05, 0) is 18.2 Å². The number of aromatic nitrogens is 3. The Kier molecular flexibility index (Phi) is 4.25. The molecule has 0 aliphatic carbocycles. The lowest BCUT2D eigenvalue weighted by molar-refractivity contribution is -0.137. The summed E-state index contributed by atoms with van der Waals surface area (Å²) in [6.45, 7) is 1.59. The van der Waals surface area contributed by atoms with E-state index < -0.39 is 11.7 Å². The average Bonchev–Trinajstić information content (AvgIpc) is 2.47. The molecule has 0 bridgehead atoms. The van der Waals surface area contributed by atoms with Gasteiger partial charge in [0.15, 0.2) is 0 Å². The van der Waals surface area contributed by atoms with Crippen LogP contribution in [-0.2, 0) is 6.18 Å². The highest BCUT2D eigenvalue weighted by atomic mass is 35.5. The minimum Gasteiger partial charge on any atom is -0.492 e. The van der Waals surface area contributed by atoms with E-state index in [1.165, 1.54) is 12.3 Å². The highest BCUT2D eigenvalue weighted by Crippen LogP contribution is 2.35. The van der Waals surface area contributed by atoms with Gasteiger partial charge in [0, 0.05) is 19.0 Å². The molecule has 1 fully saturated rings. The highest BCUT2D eigenvalue weighted by molar-refractivity contribution is 6.32. The second kappa shape index (κ2) is 6.19. The fourth-order valence-electron chi connectivity index (χ4n) is 2.22. The van der Waals surface area contributed by atoms with Crippen molar-refractivity contribution in [3.05, 3.63) is 41.2 Å². The molecule has 23 heavy (non-hydrogen) atoms. The molecule has 9 heteroatoms. The first-order valence-electron chi connectivity index (χ1n) is 6.81. The maximum Gasteiger partial charge on any atom is 0.416 e. The van der Waals surface area contributed by atoms with Gasteiger partial charge in [-0.1, -0.05) is 11.6 Å². The van der Waals surface area contributed by atoms with E-state index in [-0.39, 0.29) is 23.3 Å². The summed E-state index contributed by atoms with van der Waals surface area (Å²) in [5.41, 5.74) is -0.782. The summed E-state index contributed by atoms with van der Waals surface area (Å²) < 4.78 is 43.5. The monoisotopic (exact) mass is 344 g/mol. The van der Waals surface area contributed by atoms with Crippen LogP contribution in [0.4, 0.5) is 19.1 Å². The topological polar surface area (TPSA) is 51.1 Å². The van der Waals surface area contributed by atoms with E-state index in [4.69, 9.17) is 16.3 Å². The van der Waals surface area contributed by atoms with E-state index >= 15 is 0 Å². The van der Waals surface area contributed by atoms with Crippen molar-refractivity contribution in [1.29, 1.82) is 0 Å². The molecule has 122 valence electrons. The van der Waals surface area contributed by atoms with Crippen LogP contribution in [0, 0.1) is 5.92 Å². The molecule has 0 saturated carbocycles. The van der Waals surface area contributed by atoms with Crippen LogP contribution in [-0.4, -0.2) is 34.9 Å². The van der Waals surface area contributed by atoms with Gasteiger partial charge in [0.25, 0.3) is 0 Å². The van der Waals surface area contributed by atoms with Gasteiger partial charge in [0.1, 0.15) is 5.75 Å². The molecule has 2 heterocycles. The summed E-state index contributed by atoms with van der Waals surface area (Å²) in [5, 5.41) is 7.78.